The molecule has 0 aromatic heterocycles. The fourth-order valence-corrected chi connectivity index (χ4v) is 3.28. The number of Topliss-reactive ketones (excluding diaryl/α,β-unsaturated/α-hetero) is 1. The highest BCUT2D eigenvalue weighted by Gasteiger charge is 2.53. The summed E-state index contributed by atoms with van der Waals surface area (Å²) in [7, 11) is 0. The van der Waals surface area contributed by atoms with E-state index in [2.05, 4.69) is 5.32 Å². The molecule has 2 aliphatic rings. The fourth-order valence-electron chi connectivity index (χ4n) is 3.28. The minimum atomic E-state index is -1.26. The highest BCUT2D eigenvalue weighted by molar-refractivity contribution is 6.02. The Morgan fingerprint density at radius 2 is 2.17 bits per heavy atom. The van der Waals surface area contributed by atoms with Gasteiger partial charge in [-0.25, -0.2) is 0 Å². The number of carboxylic acid groups (broad SMARTS) is 1. The number of para-hydroxylation sites is 1. The second-order valence-electron chi connectivity index (χ2n) is 5.96. The molecule has 1 aromatic rings. The third kappa shape index (κ3) is 2.57. The molecule has 4 N–H and O–H groups in total. The van der Waals surface area contributed by atoms with Crippen LogP contribution in [0, 0.1) is 0 Å². The molecule has 0 unspecified atom stereocenters. The normalized spacial score (nSPS) is 26.7. The summed E-state index contributed by atoms with van der Waals surface area (Å²) in [4.78, 5) is 35.2. The van der Waals surface area contributed by atoms with Gasteiger partial charge in [-0.05, 0) is 25.3 Å². The van der Waals surface area contributed by atoms with E-state index < -0.39 is 36.0 Å². The highest BCUT2D eigenvalue weighted by atomic mass is 16.5. The molecule has 3 rings (SSSR count). The maximum absolute atomic E-state index is 12.8. The zero-order chi connectivity index (χ0) is 16.6. The predicted molar refractivity (Wildman–Crippen MR) is 80.7 cm³/mol. The summed E-state index contributed by atoms with van der Waals surface area (Å²) in [5, 5.41) is 11.9. The lowest BCUT2D eigenvalue weighted by Crippen LogP contribution is -2.58. The van der Waals surface area contributed by atoms with E-state index in [4.69, 9.17) is 15.6 Å². The van der Waals surface area contributed by atoms with Gasteiger partial charge in [-0.2, -0.15) is 0 Å². The number of nitrogens with two attached hydrogens (primary N) is 1. The van der Waals surface area contributed by atoms with Crippen molar-refractivity contribution in [1.29, 1.82) is 0 Å². The molecule has 3 atom stereocenters. The number of nitrogens with one attached hydrogen (secondary N) is 1. The van der Waals surface area contributed by atoms with Gasteiger partial charge in [0.25, 0.3) is 0 Å². The summed E-state index contributed by atoms with van der Waals surface area (Å²) in [6, 6.07) is 6.28. The van der Waals surface area contributed by atoms with Gasteiger partial charge in [0.15, 0.2) is 6.10 Å². The van der Waals surface area contributed by atoms with Crippen molar-refractivity contribution in [2.45, 2.75) is 43.4 Å². The van der Waals surface area contributed by atoms with Crippen LogP contribution in [0.4, 0.5) is 5.69 Å². The number of esters is 1. The van der Waals surface area contributed by atoms with Gasteiger partial charge in [-0.3, -0.25) is 14.4 Å². The van der Waals surface area contributed by atoms with Crippen LogP contribution in [-0.2, 0) is 24.7 Å². The first-order chi connectivity index (χ1) is 10.9. The number of rotatable bonds is 4. The molecule has 1 aliphatic heterocycles. The van der Waals surface area contributed by atoms with Gasteiger partial charge in [-0.1, -0.05) is 18.2 Å². The number of aliphatic carboxylic acids is 1. The van der Waals surface area contributed by atoms with Crippen LogP contribution >= 0.6 is 0 Å². The van der Waals surface area contributed by atoms with Crippen LogP contribution in [0.15, 0.2) is 24.3 Å². The Morgan fingerprint density at radius 1 is 1.43 bits per heavy atom. The Balaban J connectivity index is 1.72. The van der Waals surface area contributed by atoms with E-state index >= 15 is 0 Å². The second kappa shape index (κ2) is 5.66. The Bertz CT molecular complexity index is 674. The van der Waals surface area contributed by atoms with Crippen LogP contribution < -0.4 is 11.1 Å². The minimum absolute atomic E-state index is 0.196. The molecule has 0 bridgehead atoms. The highest BCUT2D eigenvalue weighted by Crippen LogP contribution is 2.48. The third-order valence-corrected chi connectivity index (χ3v) is 4.42. The molecule has 1 saturated carbocycles. The van der Waals surface area contributed by atoms with Crippen molar-refractivity contribution in [3.05, 3.63) is 29.8 Å². The topological polar surface area (TPSA) is 119 Å². The number of carbonyl (C=O) groups excluding carboxylic acids is 2. The van der Waals surface area contributed by atoms with E-state index in [-0.39, 0.29) is 5.78 Å². The molecule has 1 heterocycles. The number of ether oxygens (including phenoxy) is 1. The molecule has 122 valence electrons. The first-order valence-electron chi connectivity index (χ1n) is 7.54. The number of hydrogen-bond donors (Lipinski definition) is 3. The smallest absolute Gasteiger partial charge is 0.324 e. The van der Waals surface area contributed by atoms with Gasteiger partial charge >= 0.3 is 11.9 Å². The van der Waals surface area contributed by atoms with Gasteiger partial charge in [0.1, 0.15) is 11.6 Å². The summed E-state index contributed by atoms with van der Waals surface area (Å²) in [5.74, 6) is -2.23. The lowest BCUT2D eigenvalue weighted by atomic mass is 9.69. The van der Waals surface area contributed by atoms with Gasteiger partial charge in [0, 0.05) is 11.3 Å². The van der Waals surface area contributed by atoms with Crippen molar-refractivity contribution in [2.24, 2.45) is 5.73 Å². The first kappa shape index (κ1) is 15.5. The minimum Gasteiger partial charge on any atom is -0.481 e. The van der Waals surface area contributed by atoms with E-state index in [1.807, 2.05) is 24.3 Å². The average molecular weight is 318 g/mol. The van der Waals surface area contributed by atoms with Crippen molar-refractivity contribution in [2.75, 3.05) is 5.32 Å². The molecule has 0 radical (unpaired) electrons. The van der Waals surface area contributed by atoms with E-state index in [1.54, 1.807) is 0 Å². The van der Waals surface area contributed by atoms with E-state index in [1.165, 1.54) is 0 Å². The molecule has 1 aromatic carbocycles. The SMILES string of the molecule is N[C@@H](CC(=O)O)C(=O)O[C@@H]1CCC[C@]2(Nc3ccccc32)C1=O. The van der Waals surface area contributed by atoms with Gasteiger partial charge in [0.2, 0.25) is 5.78 Å². The largest absolute Gasteiger partial charge is 0.481 e. The molecule has 23 heavy (non-hydrogen) atoms. The number of carboxylic acids is 1. The summed E-state index contributed by atoms with van der Waals surface area (Å²) in [6.07, 6.45) is 0.385. The monoisotopic (exact) mass is 318 g/mol. The number of benzene rings is 1. The molecule has 7 nitrogen and oxygen atoms in total. The van der Waals surface area contributed by atoms with E-state index in [0.29, 0.717) is 12.8 Å². The van der Waals surface area contributed by atoms with E-state index in [0.717, 1.165) is 17.7 Å². The lowest BCUT2D eigenvalue weighted by molar-refractivity contribution is -0.161. The number of hydrogen-bond acceptors (Lipinski definition) is 6. The molecule has 0 saturated heterocycles. The molecule has 1 aliphatic carbocycles. The molecular formula is C16H18N2O5. The van der Waals surface area contributed by atoms with Gasteiger partial charge in [0.05, 0.1) is 6.42 Å². The molecular weight excluding hydrogens is 300 g/mol. The first-order valence-corrected chi connectivity index (χ1v) is 7.54. The third-order valence-electron chi connectivity index (χ3n) is 4.42. The van der Waals surface area contributed by atoms with Gasteiger partial charge < -0.3 is 20.9 Å². The van der Waals surface area contributed by atoms with Crippen LogP contribution in [0.5, 0.6) is 0 Å². The zero-order valence-electron chi connectivity index (χ0n) is 12.5. The Morgan fingerprint density at radius 3 is 2.87 bits per heavy atom. The Hall–Kier alpha value is -2.41. The van der Waals surface area contributed by atoms with Crippen molar-refractivity contribution >= 4 is 23.4 Å². The number of carbonyl (C=O) groups is 3. The van der Waals surface area contributed by atoms with Crippen LogP contribution in [0.25, 0.3) is 0 Å². The lowest BCUT2D eigenvalue weighted by Gasteiger charge is -2.48. The van der Waals surface area contributed by atoms with Crippen molar-refractivity contribution in [1.82, 2.24) is 0 Å². The predicted octanol–water partition coefficient (Wildman–Crippen LogP) is 0.774. The maximum atomic E-state index is 12.8. The number of fused-ring (bicyclic) bond motifs is 2. The van der Waals surface area contributed by atoms with Crippen molar-refractivity contribution in [3.8, 4) is 0 Å². The summed E-state index contributed by atoms with van der Waals surface area (Å²) in [5.41, 5.74) is 6.52. The van der Waals surface area contributed by atoms with Crippen LogP contribution in [0.1, 0.15) is 31.2 Å². The van der Waals surface area contributed by atoms with Crippen molar-refractivity contribution in [3.63, 3.8) is 0 Å². The van der Waals surface area contributed by atoms with Crippen LogP contribution in [0.3, 0.4) is 0 Å². The summed E-state index contributed by atoms with van der Waals surface area (Å²) >= 11 is 0. The van der Waals surface area contributed by atoms with E-state index in [9.17, 15) is 14.4 Å². The van der Waals surface area contributed by atoms with Crippen LogP contribution in [-0.4, -0.2) is 35.0 Å². The summed E-state index contributed by atoms with van der Waals surface area (Å²) in [6.45, 7) is 0. The molecule has 7 heteroatoms. The average Bonchev–Trinajstić information content (AvgIpc) is 2.48. The molecule has 0 amide bonds. The molecule has 1 spiro atoms. The van der Waals surface area contributed by atoms with Crippen LogP contribution in [0.2, 0.25) is 0 Å². The maximum Gasteiger partial charge on any atom is 0.324 e. The standard InChI is InChI=1S/C16H18N2O5/c17-10(8-13(19)20)15(22)23-12-6-3-7-16(14(12)21)9-4-1-2-5-11(9)18-16/h1-2,4-5,10,12,18H,3,6-8,17H2,(H,19,20)/t10-,12+,16+/m0/s1. The summed E-state index contributed by atoms with van der Waals surface area (Å²) < 4.78 is 5.20. The Labute approximate surface area is 132 Å². The van der Waals surface area contributed by atoms with Gasteiger partial charge in [-0.15, -0.1) is 0 Å². The Kier molecular flexibility index (Phi) is 3.81. The molecule has 1 fully saturated rings. The quantitative estimate of drug-likeness (QED) is 0.702. The fraction of sp³-hybridized carbons (Fsp3) is 0.438. The number of ketones is 1. The zero-order valence-corrected chi connectivity index (χ0v) is 12.5. The second-order valence-corrected chi connectivity index (χ2v) is 5.96. The van der Waals surface area contributed by atoms with Crippen molar-refractivity contribution < 1.29 is 24.2 Å². The number of anilines is 1.